The maximum atomic E-state index is 12.9. The monoisotopic (exact) mass is 351 g/mol. The van der Waals surface area contributed by atoms with Crippen molar-refractivity contribution in [2.24, 2.45) is 0 Å². The van der Waals surface area contributed by atoms with E-state index in [4.69, 9.17) is 16.3 Å². The van der Waals surface area contributed by atoms with Crippen LogP contribution in [0.15, 0.2) is 47.4 Å². The van der Waals surface area contributed by atoms with E-state index in [0.29, 0.717) is 29.6 Å². The standard InChI is InChI=1S/C17H18ClNO3S/c1-2-19(12-13-4-3-5-15(18)10-13)23(20,21)16-6-7-17-14(11-16)8-9-22-17/h3-7,10-11H,2,8-9,12H2,1H3. The molecule has 0 spiro atoms. The lowest BCUT2D eigenvalue weighted by Crippen LogP contribution is -2.30. The molecule has 1 heterocycles. The average Bonchev–Trinajstić information content (AvgIpc) is 3.00. The molecule has 0 N–H and O–H groups in total. The molecule has 2 aromatic rings. The summed E-state index contributed by atoms with van der Waals surface area (Å²) in [6, 6.07) is 12.3. The topological polar surface area (TPSA) is 46.6 Å². The van der Waals surface area contributed by atoms with Crippen LogP contribution in [0.1, 0.15) is 18.1 Å². The van der Waals surface area contributed by atoms with Gasteiger partial charge in [0.25, 0.3) is 0 Å². The van der Waals surface area contributed by atoms with E-state index in [0.717, 1.165) is 23.3 Å². The highest BCUT2D eigenvalue weighted by Crippen LogP contribution is 2.29. The molecule has 0 saturated heterocycles. The predicted octanol–water partition coefficient (Wildman–Crippen LogP) is 3.49. The van der Waals surface area contributed by atoms with Crippen LogP contribution in [0.5, 0.6) is 5.75 Å². The van der Waals surface area contributed by atoms with Crippen molar-refractivity contribution in [2.75, 3.05) is 13.2 Å². The number of ether oxygens (including phenoxy) is 1. The number of nitrogens with zero attached hydrogens (tertiary/aromatic N) is 1. The van der Waals surface area contributed by atoms with Crippen molar-refractivity contribution in [1.29, 1.82) is 0 Å². The number of sulfonamides is 1. The predicted molar refractivity (Wildman–Crippen MR) is 90.4 cm³/mol. The summed E-state index contributed by atoms with van der Waals surface area (Å²) in [6.07, 6.45) is 0.749. The van der Waals surface area contributed by atoms with Gasteiger partial charge in [-0.1, -0.05) is 30.7 Å². The number of hydrogen-bond donors (Lipinski definition) is 0. The highest BCUT2D eigenvalue weighted by atomic mass is 35.5. The Morgan fingerprint density at radius 1 is 1.22 bits per heavy atom. The molecule has 1 aliphatic rings. The minimum Gasteiger partial charge on any atom is -0.493 e. The summed E-state index contributed by atoms with van der Waals surface area (Å²) in [5.74, 6) is 0.779. The van der Waals surface area contributed by atoms with Crippen LogP contribution in [-0.2, 0) is 23.0 Å². The van der Waals surface area contributed by atoms with Crippen molar-refractivity contribution in [3.63, 3.8) is 0 Å². The van der Waals surface area contributed by atoms with Gasteiger partial charge in [0.2, 0.25) is 10.0 Å². The first-order valence-electron chi connectivity index (χ1n) is 7.51. The summed E-state index contributed by atoms with van der Waals surface area (Å²) in [4.78, 5) is 0.311. The van der Waals surface area contributed by atoms with Gasteiger partial charge in [0, 0.05) is 24.5 Å². The van der Waals surface area contributed by atoms with E-state index in [2.05, 4.69) is 0 Å². The number of halogens is 1. The van der Waals surface area contributed by atoms with Crippen molar-refractivity contribution in [3.8, 4) is 5.75 Å². The summed E-state index contributed by atoms with van der Waals surface area (Å²) in [5.41, 5.74) is 1.82. The molecular weight excluding hydrogens is 334 g/mol. The van der Waals surface area contributed by atoms with Crippen LogP contribution < -0.4 is 4.74 Å². The number of rotatable bonds is 5. The van der Waals surface area contributed by atoms with Crippen LogP contribution in [0.4, 0.5) is 0 Å². The van der Waals surface area contributed by atoms with Crippen molar-refractivity contribution in [1.82, 2.24) is 4.31 Å². The molecule has 1 aliphatic heterocycles. The van der Waals surface area contributed by atoms with E-state index in [1.807, 2.05) is 19.1 Å². The Morgan fingerprint density at radius 3 is 2.78 bits per heavy atom. The quantitative estimate of drug-likeness (QED) is 0.828. The van der Waals surface area contributed by atoms with E-state index < -0.39 is 10.0 Å². The van der Waals surface area contributed by atoms with Gasteiger partial charge in [-0.2, -0.15) is 4.31 Å². The first-order valence-corrected chi connectivity index (χ1v) is 9.33. The summed E-state index contributed by atoms with van der Waals surface area (Å²) in [5, 5.41) is 0.602. The minimum atomic E-state index is -3.55. The molecule has 122 valence electrons. The van der Waals surface area contributed by atoms with E-state index in [-0.39, 0.29) is 0 Å². The molecule has 0 amide bonds. The molecule has 6 heteroatoms. The molecule has 2 aromatic carbocycles. The Morgan fingerprint density at radius 2 is 2.04 bits per heavy atom. The van der Waals surface area contributed by atoms with Gasteiger partial charge in [-0.05, 0) is 41.5 Å². The van der Waals surface area contributed by atoms with Gasteiger partial charge >= 0.3 is 0 Å². The van der Waals surface area contributed by atoms with Gasteiger partial charge < -0.3 is 4.74 Å². The third-order valence-corrected chi connectivity index (χ3v) is 6.05. The average molecular weight is 352 g/mol. The number of hydrogen-bond acceptors (Lipinski definition) is 3. The first kappa shape index (κ1) is 16.3. The molecule has 0 aromatic heterocycles. The van der Waals surface area contributed by atoms with Gasteiger partial charge in [-0.15, -0.1) is 0 Å². The van der Waals surface area contributed by atoms with Crippen LogP contribution in [0, 0.1) is 0 Å². The molecule has 0 radical (unpaired) electrons. The fourth-order valence-electron chi connectivity index (χ4n) is 2.68. The summed E-state index contributed by atoms with van der Waals surface area (Å²) >= 11 is 5.98. The zero-order valence-electron chi connectivity index (χ0n) is 12.8. The summed E-state index contributed by atoms with van der Waals surface area (Å²) in [6.45, 7) is 3.13. The van der Waals surface area contributed by atoms with Crippen molar-refractivity contribution in [3.05, 3.63) is 58.6 Å². The van der Waals surface area contributed by atoms with E-state index >= 15 is 0 Å². The number of fused-ring (bicyclic) bond motifs is 1. The number of benzene rings is 2. The Hall–Kier alpha value is -1.56. The maximum Gasteiger partial charge on any atom is 0.243 e. The zero-order valence-corrected chi connectivity index (χ0v) is 14.4. The van der Waals surface area contributed by atoms with Crippen LogP contribution in [-0.4, -0.2) is 25.9 Å². The lowest BCUT2D eigenvalue weighted by molar-refractivity contribution is 0.356. The summed E-state index contributed by atoms with van der Waals surface area (Å²) < 4.78 is 32.7. The molecule has 0 unspecified atom stereocenters. The van der Waals surface area contributed by atoms with E-state index in [1.54, 1.807) is 30.3 Å². The van der Waals surface area contributed by atoms with Crippen molar-refractivity contribution < 1.29 is 13.2 Å². The second-order valence-electron chi connectivity index (χ2n) is 5.43. The Labute approximate surface area is 141 Å². The van der Waals surface area contributed by atoms with Gasteiger partial charge in [-0.3, -0.25) is 0 Å². The second-order valence-corrected chi connectivity index (χ2v) is 7.80. The van der Waals surface area contributed by atoms with Gasteiger partial charge in [-0.25, -0.2) is 8.42 Å². The largest absolute Gasteiger partial charge is 0.493 e. The first-order chi connectivity index (χ1) is 11.0. The fourth-order valence-corrected chi connectivity index (χ4v) is 4.38. The molecule has 0 atom stereocenters. The second kappa shape index (κ2) is 6.51. The molecule has 0 saturated carbocycles. The highest BCUT2D eigenvalue weighted by Gasteiger charge is 2.25. The SMILES string of the molecule is CCN(Cc1cccc(Cl)c1)S(=O)(=O)c1ccc2c(c1)CCO2. The van der Waals surface area contributed by atoms with Gasteiger partial charge in [0.15, 0.2) is 0 Å². The molecule has 23 heavy (non-hydrogen) atoms. The molecule has 3 rings (SSSR count). The summed E-state index contributed by atoms with van der Waals surface area (Å²) in [7, 11) is -3.55. The Kier molecular flexibility index (Phi) is 4.62. The van der Waals surface area contributed by atoms with Gasteiger partial charge in [0.1, 0.15) is 5.75 Å². The normalized spacial score (nSPS) is 13.9. The van der Waals surface area contributed by atoms with Crippen LogP contribution >= 0.6 is 11.6 Å². The Bertz CT molecular complexity index is 820. The molecule has 0 bridgehead atoms. The smallest absolute Gasteiger partial charge is 0.243 e. The third-order valence-electron chi connectivity index (χ3n) is 3.90. The third kappa shape index (κ3) is 3.37. The highest BCUT2D eigenvalue weighted by molar-refractivity contribution is 7.89. The maximum absolute atomic E-state index is 12.9. The molecule has 0 aliphatic carbocycles. The van der Waals surface area contributed by atoms with Crippen LogP contribution in [0.2, 0.25) is 5.02 Å². The molecule has 4 nitrogen and oxygen atoms in total. The lowest BCUT2D eigenvalue weighted by Gasteiger charge is -2.21. The molecular formula is C17H18ClNO3S. The Balaban J connectivity index is 1.90. The molecule has 0 fully saturated rings. The van der Waals surface area contributed by atoms with E-state index in [1.165, 1.54) is 4.31 Å². The minimum absolute atomic E-state index is 0.299. The van der Waals surface area contributed by atoms with Crippen LogP contribution in [0.25, 0.3) is 0 Å². The van der Waals surface area contributed by atoms with Gasteiger partial charge in [0.05, 0.1) is 11.5 Å². The van der Waals surface area contributed by atoms with Crippen molar-refractivity contribution >= 4 is 21.6 Å². The van der Waals surface area contributed by atoms with Crippen molar-refractivity contribution in [2.45, 2.75) is 24.8 Å². The van der Waals surface area contributed by atoms with E-state index in [9.17, 15) is 8.42 Å². The fraction of sp³-hybridized carbons (Fsp3) is 0.294. The zero-order chi connectivity index (χ0) is 16.4. The van der Waals surface area contributed by atoms with Crippen LogP contribution in [0.3, 0.4) is 0 Å². The lowest BCUT2D eigenvalue weighted by atomic mass is 10.2.